The van der Waals surface area contributed by atoms with Crippen molar-refractivity contribution in [2.24, 2.45) is 0 Å². The maximum Gasteiger partial charge on any atom is 0.262 e. The van der Waals surface area contributed by atoms with Crippen molar-refractivity contribution in [2.45, 2.75) is 32.7 Å². The van der Waals surface area contributed by atoms with Gasteiger partial charge in [0.15, 0.2) is 0 Å². The summed E-state index contributed by atoms with van der Waals surface area (Å²) in [6.45, 7) is 6.30. The molecule has 0 aliphatic carbocycles. The fraction of sp³-hybridized carbons (Fsp3) is 0.435. The molecule has 0 unspecified atom stereocenters. The molecule has 4 rings (SSSR count). The van der Waals surface area contributed by atoms with Crippen molar-refractivity contribution in [2.75, 3.05) is 33.2 Å². The van der Waals surface area contributed by atoms with Crippen molar-refractivity contribution in [3.8, 4) is 11.1 Å². The van der Waals surface area contributed by atoms with E-state index in [0.29, 0.717) is 18.4 Å². The number of carbonyl (C=O) groups is 1. The minimum atomic E-state index is -0.0793. The maximum absolute atomic E-state index is 13.1. The lowest BCUT2D eigenvalue weighted by atomic mass is 10.1. The molecule has 1 saturated heterocycles. The van der Waals surface area contributed by atoms with E-state index < -0.39 is 0 Å². The predicted octanol–water partition coefficient (Wildman–Crippen LogP) is 3.38. The van der Waals surface area contributed by atoms with Crippen LogP contribution in [-0.2, 0) is 11.3 Å². The van der Waals surface area contributed by atoms with Crippen molar-refractivity contribution in [3.63, 3.8) is 0 Å². The summed E-state index contributed by atoms with van der Waals surface area (Å²) in [5.41, 5.74) is 3.03. The molecule has 0 radical (unpaired) electrons. The SMILES string of the molecule is Cc1ccc(-c2csc3ncn(CCC(=O)N(C)CCN4CCCC4)c(=O)c23)cc1. The number of hydrogen-bond donors (Lipinski definition) is 0. The Hall–Kier alpha value is -2.51. The lowest BCUT2D eigenvalue weighted by Crippen LogP contribution is -2.36. The normalized spacial score (nSPS) is 14.5. The molecular formula is C23H28N4O2S. The molecule has 7 heteroatoms. The third-order valence-corrected chi connectivity index (χ3v) is 6.75. The van der Waals surface area contributed by atoms with Gasteiger partial charge in [-0.05, 0) is 38.4 Å². The van der Waals surface area contributed by atoms with Gasteiger partial charge in [0.05, 0.1) is 11.7 Å². The molecule has 1 aliphatic heterocycles. The quantitative estimate of drug-likeness (QED) is 0.583. The molecule has 6 nitrogen and oxygen atoms in total. The monoisotopic (exact) mass is 424 g/mol. The summed E-state index contributed by atoms with van der Waals surface area (Å²) in [7, 11) is 1.84. The summed E-state index contributed by atoms with van der Waals surface area (Å²) in [5, 5.41) is 2.63. The number of aryl methyl sites for hydroxylation is 2. The van der Waals surface area contributed by atoms with Crippen LogP contribution in [0.4, 0.5) is 0 Å². The molecule has 1 aromatic carbocycles. The summed E-state index contributed by atoms with van der Waals surface area (Å²) in [6, 6.07) is 8.16. The number of thiophene rings is 1. The smallest absolute Gasteiger partial charge is 0.262 e. The number of likely N-dealkylation sites (N-methyl/N-ethyl adjacent to an activating group) is 1. The highest BCUT2D eigenvalue weighted by Gasteiger charge is 2.16. The lowest BCUT2D eigenvalue weighted by molar-refractivity contribution is -0.130. The van der Waals surface area contributed by atoms with E-state index >= 15 is 0 Å². The zero-order chi connectivity index (χ0) is 21.1. The standard InChI is InChI=1S/C23H28N4O2S/c1-17-5-7-18(8-6-17)19-15-30-22-21(19)23(29)27(16-24-22)12-9-20(28)25(2)13-14-26-10-3-4-11-26/h5-8,15-16H,3-4,9-14H2,1-2H3. The molecule has 0 bridgehead atoms. The van der Waals surface area contributed by atoms with Gasteiger partial charge >= 0.3 is 0 Å². The van der Waals surface area contributed by atoms with Crippen LogP contribution < -0.4 is 5.56 Å². The Morgan fingerprint density at radius 3 is 2.63 bits per heavy atom. The molecule has 30 heavy (non-hydrogen) atoms. The van der Waals surface area contributed by atoms with Crippen LogP contribution in [0.2, 0.25) is 0 Å². The summed E-state index contributed by atoms with van der Waals surface area (Å²) in [5.74, 6) is 0.0604. The van der Waals surface area contributed by atoms with Gasteiger partial charge in [0.1, 0.15) is 4.83 Å². The molecular weight excluding hydrogens is 396 g/mol. The lowest BCUT2D eigenvalue weighted by Gasteiger charge is -2.21. The van der Waals surface area contributed by atoms with Crippen LogP contribution in [0.5, 0.6) is 0 Å². The third kappa shape index (κ3) is 4.47. The van der Waals surface area contributed by atoms with Crippen LogP contribution in [-0.4, -0.2) is 58.5 Å². The molecule has 0 spiro atoms. The van der Waals surface area contributed by atoms with E-state index in [1.807, 2.05) is 43.6 Å². The van der Waals surface area contributed by atoms with E-state index in [0.717, 1.165) is 42.1 Å². The first-order valence-corrected chi connectivity index (χ1v) is 11.4. The van der Waals surface area contributed by atoms with Gasteiger partial charge in [-0.1, -0.05) is 29.8 Å². The maximum atomic E-state index is 13.1. The van der Waals surface area contributed by atoms with Gasteiger partial charge in [-0.2, -0.15) is 0 Å². The second kappa shape index (κ2) is 9.10. The molecule has 2 aromatic heterocycles. The van der Waals surface area contributed by atoms with Gasteiger partial charge < -0.3 is 9.80 Å². The van der Waals surface area contributed by atoms with E-state index in [9.17, 15) is 9.59 Å². The molecule has 0 atom stereocenters. The number of hydrogen-bond acceptors (Lipinski definition) is 5. The number of carbonyl (C=O) groups excluding carboxylic acids is 1. The first-order chi connectivity index (χ1) is 14.5. The van der Waals surface area contributed by atoms with Crippen molar-refractivity contribution in [1.82, 2.24) is 19.4 Å². The fourth-order valence-corrected chi connectivity index (χ4v) is 4.81. The van der Waals surface area contributed by atoms with Gasteiger partial charge in [0.2, 0.25) is 5.91 Å². The fourth-order valence-electron chi connectivity index (χ4n) is 3.90. The second-order valence-electron chi connectivity index (χ2n) is 8.05. The van der Waals surface area contributed by atoms with Crippen LogP contribution in [0.1, 0.15) is 24.8 Å². The van der Waals surface area contributed by atoms with E-state index in [-0.39, 0.29) is 11.5 Å². The number of aromatic nitrogens is 2. The van der Waals surface area contributed by atoms with Crippen LogP contribution >= 0.6 is 11.3 Å². The Balaban J connectivity index is 1.46. The summed E-state index contributed by atoms with van der Waals surface area (Å²) >= 11 is 1.48. The summed E-state index contributed by atoms with van der Waals surface area (Å²) < 4.78 is 1.57. The Labute approximate surface area is 180 Å². The van der Waals surface area contributed by atoms with Gasteiger partial charge in [0, 0.05) is 44.0 Å². The largest absolute Gasteiger partial charge is 0.344 e. The molecule has 0 N–H and O–H groups in total. The Bertz CT molecular complexity index is 1080. The van der Waals surface area contributed by atoms with E-state index in [1.165, 1.54) is 29.7 Å². The molecule has 0 saturated carbocycles. The molecule has 1 aliphatic rings. The van der Waals surface area contributed by atoms with Crippen molar-refractivity contribution in [3.05, 3.63) is 51.9 Å². The third-order valence-electron chi connectivity index (χ3n) is 5.87. The minimum absolute atomic E-state index is 0.0604. The zero-order valence-corrected chi connectivity index (χ0v) is 18.5. The summed E-state index contributed by atoms with van der Waals surface area (Å²) in [6.07, 6.45) is 4.37. The number of amides is 1. The zero-order valence-electron chi connectivity index (χ0n) is 17.6. The van der Waals surface area contributed by atoms with Crippen LogP contribution in [0, 0.1) is 6.92 Å². The first-order valence-electron chi connectivity index (χ1n) is 10.5. The van der Waals surface area contributed by atoms with E-state index in [4.69, 9.17) is 0 Å². The average Bonchev–Trinajstić information content (AvgIpc) is 3.42. The second-order valence-corrected chi connectivity index (χ2v) is 8.91. The van der Waals surface area contributed by atoms with Gasteiger partial charge in [-0.3, -0.25) is 14.2 Å². The number of benzene rings is 1. The van der Waals surface area contributed by atoms with E-state index in [2.05, 4.69) is 9.88 Å². The average molecular weight is 425 g/mol. The van der Waals surface area contributed by atoms with Crippen LogP contribution in [0.3, 0.4) is 0 Å². The van der Waals surface area contributed by atoms with Crippen LogP contribution in [0.25, 0.3) is 21.3 Å². The minimum Gasteiger partial charge on any atom is -0.344 e. The Morgan fingerprint density at radius 1 is 1.17 bits per heavy atom. The molecule has 158 valence electrons. The number of rotatable bonds is 7. The number of fused-ring (bicyclic) bond motifs is 1. The highest BCUT2D eigenvalue weighted by Crippen LogP contribution is 2.30. The van der Waals surface area contributed by atoms with Gasteiger partial charge in [0.25, 0.3) is 5.56 Å². The Morgan fingerprint density at radius 2 is 1.90 bits per heavy atom. The van der Waals surface area contributed by atoms with Crippen molar-refractivity contribution < 1.29 is 4.79 Å². The van der Waals surface area contributed by atoms with Gasteiger partial charge in [-0.25, -0.2) is 4.98 Å². The molecule has 1 fully saturated rings. The number of likely N-dealkylation sites (tertiary alicyclic amines) is 1. The number of nitrogens with zero attached hydrogens (tertiary/aromatic N) is 4. The van der Waals surface area contributed by atoms with Crippen LogP contribution in [0.15, 0.2) is 40.8 Å². The molecule has 1 amide bonds. The summed E-state index contributed by atoms with van der Waals surface area (Å²) in [4.78, 5) is 35.0. The van der Waals surface area contributed by atoms with Gasteiger partial charge in [-0.15, -0.1) is 11.3 Å². The van der Waals surface area contributed by atoms with Crippen molar-refractivity contribution in [1.29, 1.82) is 0 Å². The highest BCUT2D eigenvalue weighted by molar-refractivity contribution is 7.17. The van der Waals surface area contributed by atoms with E-state index in [1.54, 1.807) is 15.8 Å². The highest BCUT2D eigenvalue weighted by atomic mass is 32.1. The molecule has 3 heterocycles. The van der Waals surface area contributed by atoms with Crippen molar-refractivity contribution >= 4 is 27.5 Å². The molecule has 3 aromatic rings. The first kappa shape index (κ1) is 20.8. The topological polar surface area (TPSA) is 58.4 Å². The Kier molecular flexibility index (Phi) is 6.29. The predicted molar refractivity (Wildman–Crippen MR) is 122 cm³/mol.